The van der Waals surface area contributed by atoms with Crippen LogP contribution in [-0.2, 0) is 4.79 Å². The Hall–Kier alpha value is -2.04. The van der Waals surface area contributed by atoms with Gasteiger partial charge in [-0.25, -0.2) is 9.59 Å². The highest BCUT2D eigenvalue weighted by Gasteiger charge is 2.20. The van der Waals surface area contributed by atoms with Gasteiger partial charge in [-0.15, -0.1) is 0 Å². The fourth-order valence-electron chi connectivity index (χ4n) is 2.20. The Morgan fingerprint density at radius 2 is 1.95 bits per heavy atom. The van der Waals surface area contributed by atoms with Crippen LogP contribution in [0.1, 0.15) is 50.7 Å². The van der Waals surface area contributed by atoms with Crippen LogP contribution < -0.4 is 10.6 Å². The number of carbonyl (C=O) groups excluding carboxylic acids is 1. The van der Waals surface area contributed by atoms with Crippen molar-refractivity contribution < 1.29 is 14.7 Å². The summed E-state index contributed by atoms with van der Waals surface area (Å²) in [6.07, 6.45) is 1.10. The lowest BCUT2D eigenvalue weighted by Gasteiger charge is -2.19. The number of amides is 2. The highest BCUT2D eigenvalue weighted by atomic mass is 16.4. The van der Waals surface area contributed by atoms with Gasteiger partial charge in [-0.3, -0.25) is 0 Å². The lowest BCUT2D eigenvalue weighted by atomic mass is 9.98. The number of rotatable bonds is 6. The first kappa shape index (κ1) is 17.0. The minimum Gasteiger partial charge on any atom is -0.480 e. The van der Waals surface area contributed by atoms with E-state index in [0.29, 0.717) is 12.8 Å². The summed E-state index contributed by atoms with van der Waals surface area (Å²) in [4.78, 5) is 23.1. The molecule has 0 spiro atoms. The van der Waals surface area contributed by atoms with Crippen LogP contribution in [0.15, 0.2) is 18.2 Å². The zero-order chi connectivity index (χ0) is 16.0. The van der Waals surface area contributed by atoms with Crippen LogP contribution in [0, 0.1) is 6.92 Å². The summed E-state index contributed by atoms with van der Waals surface area (Å²) in [5.74, 6) is -0.744. The Morgan fingerprint density at radius 1 is 1.29 bits per heavy atom. The molecule has 0 aliphatic heterocycles. The van der Waals surface area contributed by atoms with E-state index in [4.69, 9.17) is 5.11 Å². The van der Waals surface area contributed by atoms with Crippen molar-refractivity contribution in [2.45, 2.75) is 52.5 Å². The van der Waals surface area contributed by atoms with Gasteiger partial charge in [-0.05, 0) is 30.4 Å². The molecule has 5 heteroatoms. The van der Waals surface area contributed by atoms with Crippen LogP contribution in [0.3, 0.4) is 0 Å². The monoisotopic (exact) mass is 292 g/mol. The number of nitrogens with one attached hydrogen (secondary N) is 2. The van der Waals surface area contributed by atoms with Crippen molar-refractivity contribution in [2.24, 2.45) is 0 Å². The zero-order valence-electron chi connectivity index (χ0n) is 13.1. The average Bonchev–Trinajstić information content (AvgIpc) is 2.40. The lowest BCUT2D eigenvalue weighted by Crippen LogP contribution is -2.43. The molecule has 0 aliphatic carbocycles. The lowest BCUT2D eigenvalue weighted by molar-refractivity contribution is -0.139. The Morgan fingerprint density at radius 3 is 2.48 bits per heavy atom. The van der Waals surface area contributed by atoms with E-state index in [1.54, 1.807) is 0 Å². The van der Waals surface area contributed by atoms with E-state index in [1.165, 1.54) is 0 Å². The van der Waals surface area contributed by atoms with Crippen molar-refractivity contribution in [1.29, 1.82) is 0 Å². The fraction of sp³-hybridized carbons (Fsp3) is 0.500. The zero-order valence-corrected chi connectivity index (χ0v) is 13.1. The van der Waals surface area contributed by atoms with E-state index in [-0.39, 0.29) is 5.92 Å². The van der Waals surface area contributed by atoms with Crippen LogP contribution in [0.25, 0.3) is 0 Å². The molecular weight excluding hydrogens is 268 g/mol. The smallest absolute Gasteiger partial charge is 0.326 e. The molecule has 1 aromatic rings. The Balaban J connectivity index is 2.86. The largest absolute Gasteiger partial charge is 0.480 e. The number of carboxylic acid groups (broad SMARTS) is 1. The maximum absolute atomic E-state index is 12.0. The van der Waals surface area contributed by atoms with Crippen molar-refractivity contribution in [3.8, 4) is 0 Å². The molecule has 0 saturated heterocycles. The van der Waals surface area contributed by atoms with Gasteiger partial charge >= 0.3 is 12.0 Å². The molecule has 0 bridgehead atoms. The van der Waals surface area contributed by atoms with Crippen LogP contribution in [0.2, 0.25) is 0 Å². The number of benzene rings is 1. The molecule has 5 nitrogen and oxygen atoms in total. The van der Waals surface area contributed by atoms with E-state index in [1.807, 2.05) is 32.0 Å². The maximum Gasteiger partial charge on any atom is 0.326 e. The maximum atomic E-state index is 12.0. The van der Waals surface area contributed by atoms with Crippen molar-refractivity contribution >= 4 is 17.7 Å². The third kappa shape index (κ3) is 4.77. The highest BCUT2D eigenvalue weighted by Crippen LogP contribution is 2.27. The topological polar surface area (TPSA) is 78.4 Å². The van der Waals surface area contributed by atoms with E-state index in [0.717, 1.165) is 16.8 Å². The van der Waals surface area contributed by atoms with E-state index in [2.05, 4.69) is 24.5 Å². The quantitative estimate of drug-likeness (QED) is 0.751. The molecule has 0 aliphatic rings. The van der Waals surface area contributed by atoms with E-state index in [9.17, 15) is 9.59 Å². The molecule has 2 amide bonds. The Labute approximate surface area is 125 Å². The summed E-state index contributed by atoms with van der Waals surface area (Å²) < 4.78 is 0. The second-order valence-electron chi connectivity index (χ2n) is 5.47. The molecule has 0 fully saturated rings. The average molecular weight is 292 g/mol. The Kier molecular flexibility index (Phi) is 6.21. The van der Waals surface area contributed by atoms with Gasteiger partial charge in [0.05, 0.1) is 0 Å². The molecule has 21 heavy (non-hydrogen) atoms. The summed E-state index contributed by atoms with van der Waals surface area (Å²) in [5.41, 5.74) is 2.75. The SMILES string of the molecule is CCC[C@H](NC(=O)Nc1c(C)cccc1C(C)C)C(=O)O. The minimum absolute atomic E-state index is 0.270. The molecule has 1 atom stereocenters. The molecule has 3 N–H and O–H groups in total. The van der Waals surface area contributed by atoms with Gasteiger partial charge in [0, 0.05) is 5.69 Å². The molecule has 0 radical (unpaired) electrons. The third-order valence-electron chi connectivity index (χ3n) is 3.35. The molecule has 0 heterocycles. The number of aryl methyl sites for hydroxylation is 1. The number of anilines is 1. The van der Waals surface area contributed by atoms with Crippen molar-refractivity contribution in [3.63, 3.8) is 0 Å². The standard InChI is InChI=1S/C16H24N2O3/c1-5-7-13(15(19)20)17-16(21)18-14-11(4)8-6-9-12(14)10(2)3/h6,8-10,13H,5,7H2,1-4H3,(H,19,20)(H2,17,18,21)/t13-/m0/s1. The van der Waals surface area contributed by atoms with Crippen LogP contribution in [-0.4, -0.2) is 23.1 Å². The third-order valence-corrected chi connectivity index (χ3v) is 3.35. The van der Waals surface area contributed by atoms with Gasteiger partial charge in [0.2, 0.25) is 0 Å². The van der Waals surface area contributed by atoms with Gasteiger partial charge in [0.1, 0.15) is 6.04 Å². The number of hydrogen-bond donors (Lipinski definition) is 3. The highest BCUT2D eigenvalue weighted by molar-refractivity contribution is 5.93. The summed E-state index contributed by atoms with van der Waals surface area (Å²) in [7, 11) is 0. The van der Waals surface area contributed by atoms with Crippen molar-refractivity contribution in [2.75, 3.05) is 5.32 Å². The summed E-state index contributed by atoms with van der Waals surface area (Å²) in [5, 5.41) is 14.4. The normalized spacial score (nSPS) is 12.0. The molecule has 1 aromatic carbocycles. The molecule has 116 valence electrons. The van der Waals surface area contributed by atoms with Gasteiger partial charge < -0.3 is 15.7 Å². The van der Waals surface area contributed by atoms with Gasteiger partial charge in [0.15, 0.2) is 0 Å². The van der Waals surface area contributed by atoms with Crippen LogP contribution in [0.4, 0.5) is 10.5 Å². The van der Waals surface area contributed by atoms with Crippen molar-refractivity contribution in [3.05, 3.63) is 29.3 Å². The molecule has 0 aromatic heterocycles. The van der Waals surface area contributed by atoms with Gasteiger partial charge in [-0.1, -0.05) is 45.4 Å². The summed E-state index contributed by atoms with van der Waals surface area (Å²) >= 11 is 0. The summed E-state index contributed by atoms with van der Waals surface area (Å²) in [6, 6.07) is 4.50. The summed E-state index contributed by atoms with van der Waals surface area (Å²) in [6.45, 7) is 7.90. The molecular formula is C16H24N2O3. The Bertz CT molecular complexity index is 512. The molecule has 0 unspecified atom stereocenters. The number of para-hydroxylation sites is 1. The van der Waals surface area contributed by atoms with Gasteiger partial charge in [-0.2, -0.15) is 0 Å². The molecule has 1 rings (SSSR count). The van der Waals surface area contributed by atoms with Crippen LogP contribution in [0.5, 0.6) is 0 Å². The van der Waals surface area contributed by atoms with E-state index < -0.39 is 18.0 Å². The van der Waals surface area contributed by atoms with Crippen LogP contribution >= 0.6 is 0 Å². The van der Waals surface area contributed by atoms with E-state index >= 15 is 0 Å². The second kappa shape index (κ2) is 7.67. The minimum atomic E-state index is -1.01. The molecule has 0 saturated carbocycles. The number of urea groups is 1. The van der Waals surface area contributed by atoms with Crippen molar-refractivity contribution in [1.82, 2.24) is 5.32 Å². The van der Waals surface area contributed by atoms with Gasteiger partial charge in [0.25, 0.3) is 0 Å². The number of carbonyl (C=O) groups is 2. The first-order valence-corrected chi connectivity index (χ1v) is 7.26. The number of hydrogen-bond acceptors (Lipinski definition) is 2. The fourth-order valence-corrected chi connectivity index (χ4v) is 2.20. The predicted octanol–water partition coefficient (Wildman–Crippen LogP) is 3.49. The first-order valence-electron chi connectivity index (χ1n) is 7.26. The first-order chi connectivity index (χ1) is 9.86. The second-order valence-corrected chi connectivity index (χ2v) is 5.47. The number of aliphatic carboxylic acids is 1. The number of carboxylic acids is 1. The predicted molar refractivity (Wildman–Crippen MR) is 83.8 cm³/mol.